The summed E-state index contributed by atoms with van der Waals surface area (Å²) in [6.45, 7) is 0. The predicted octanol–water partition coefficient (Wildman–Crippen LogP) is -0.300. The average Bonchev–Trinajstić information content (AvgIpc) is 2.68. The fourth-order valence-electron chi connectivity index (χ4n) is 2.63. The van der Waals surface area contributed by atoms with Gasteiger partial charge in [0.2, 0.25) is 0 Å². The lowest BCUT2D eigenvalue weighted by Crippen LogP contribution is -2.58. The van der Waals surface area contributed by atoms with Crippen LogP contribution in [0.1, 0.15) is 12.8 Å². The van der Waals surface area contributed by atoms with Gasteiger partial charge in [-0.25, -0.2) is 0 Å². The molecule has 0 radical (unpaired) electrons. The van der Waals surface area contributed by atoms with Crippen LogP contribution in [-0.2, 0) is 19.2 Å². The van der Waals surface area contributed by atoms with Crippen LogP contribution in [0.4, 0.5) is 0 Å². The van der Waals surface area contributed by atoms with E-state index in [2.05, 4.69) is 4.99 Å². The van der Waals surface area contributed by atoms with Gasteiger partial charge in [0, 0.05) is 6.20 Å². The molecule has 0 saturated carbocycles. The Hall–Kier alpha value is -2.97. The number of carboxylic acids is 3. The Morgan fingerprint density at radius 2 is 1.86 bits per heavy atom. The highest BCUT2D eigenvalue weighted by atomic mass is 16.4. The number of amidine groups is 1. The van der Waals surface area contributed by atoms with Crippen LogP contribution in [-0.4, -0.2) is 55.4 Å². The van der Waals surface area contributed by atoms with Crippen molar-refractivity contribution in [1.29, 1.82) is 0 Å². The van der Waals surface area contributed by atoms with Crippen molar-refractivity contribution in [3.8, 4) is 0 Å². The minimum atomic E-state index is -2.09. The first-order valence-electron chi connectivity index (χ1n) is 6.22. The third-order valence-corrected chi connectivity index (χ3v) is 3.53. The van der Waals surface area contributed by atoms with Crippen LogP contribution in [0.15, 0.2) is 29.4 Å². The van der Waals surface area contributed by atoms with Crippen LogP contribution < -0.4 is 0 Å². The summed E-state index contributed by atoms with van der Waals surface area (Å²) >= 11 is 0. The van der Waals surface area contributed by atoms with Gasteiger partial charge >= 0.3 is 17.9 Å². The molecular weight excluding hydrogens is 296 g/mol. The first-order valence-corrected chi connectivity index (χ1v) is 6.22. The van der Waals surface area contributed by atoms with E-state index in [9.17, 15) is 24.3 Å². The maximum atomic E-state index is 12.3. The molecule has 0 spiro atoms. The predicted molar refractivity (Wildman–Crippen MR) is 70.9 cm³/mol. The molecule has 0 saturated heterocycles. The average molecular weight is 308 g/mol. The number of rotatable bonds is 6. The molecule has 2 atom stereocenters. The molecule has 1 amide bonds. The number of hydrogen-bond donors (Lipinski definition) is 3. The van der Waals surface area contributed by atoms with Gasteiger partial charge in [0.1, 0.15) is 11.8 Å². The largest absolute Gasteiger partial charge is 0.481 e. The summed E-state index contributed by atoms with van der Waals surface area (Å²) in [5, 5.41) is 27.4. The molecule has 0 unspecified atom stereocenters. The molecule has 9 heteroatoms. The highest BCUT2D eigenvalue weighted by Gasteiger charge is 2.59. The quantitative estimate of drug-likeness (QED) is 0.606. The number of allylic oxidation sites excluding steroid dienone is 2. The van der Waals surface area contributed by atoms with Crippen molar-refractivity contribution in [3.05, 3.63) is 24.4 Å². The van der Waals surface area contributed by atoms with Crippen LogP contribution in [0.3, 0.4) is 0 Å². The Bertz CT molecular complexity index is 649. The monoisotopic (exact) mass is 308 g/mol. The highest BCUT2D eigenvalue weighted by molar-refractivity contribution is 6.14. The van der Waals surface area contributed by atoms with Crippen LogP contribution in [0.5, 0.6) is 0 Å². The number of aliphatic carboxylic acids is 3. The molecule has 0 aromatic carbocycles. The summed E-state index contributed by atoms with van der Waals surface area (Å²) in [6.07, 6.45) is 4.00. The Morgan fingerprint density at radius 3 is 2.41 bits per heavy atom. The zero-order chi connectivity index (χ0) is 16.5. The Labute approximate surface area is 123 Å². The van der Waals surface area contributed by atoms with Gasteiger partial charge in [-0.15, -0.1) is 0 Å². The molecule has 0 fully saturated rings. The molecule has 0 aromatic rings. The first kappa shape index (κ1) is 15.4. The Morgan fingerprint density at radius 1 is 1.18 bits per heavy atom. The van der Waals surface area contributed by atoms with E-state index >= 15 is 0 Å². The second-order valence-corrected chi connectivity index (χ2v) is 4.83. The molecule has 22 heavy (non-hydrogen) atoms. The summed E-state index contributed by atoms with van der Waals surface area (Å²) in [5.74, 6) is -7.10. The lowest BCUT2D eigenvalue weighted by atomic mass is 9.77. The van der Waals surface area contributed by atoms with E-state index in [0.717, 1.165) is 4.90 Å². The van der Waals surface area contributed by atoms with Crippen LogP contribution in [0.2, 0.25) is 0 Å². The first-order chi connectivity index (χ1) is 10.3. The standard InChI is InChI=1S/C13H12N2O7/c16-9(17)5-7(11(20)21)13(6-10(18)19)12(22)14-8-3-1-2-4-15(8)13/h1-4,7H,5-6H2,(H,16,17)(H,18,19)(H,20,21)/t7-,13-/m1/s1. The van der Waals surface area contributed by atoms with Crippen molar-refractivity contribution in [2.75, 3.05) is 0 Å². The van der Waals surface area contributed by atoms with Gasteiger partial charge in [0.05, 0.1) is 12.8 Å². The summed E-state index contributed by atoms with van der Waals surface area (Å²) in [5.41, 5.74) is -2.09. The molecule has 0 aliphatic carbocycles. The molecule has 3 N–H and O–H groups in total. The van der Waals surface area contributed by atoms with Crippen LogP contribution in [0.25, 0.3) is 0 Å². The van der Waals surface area contributed by atoms with Gasteiger partial charge < -0.3 is 20.2 Å². The number of carboxylic acid groups (broad SMARTS) is 3. The molecule has 2 aliphatic rings. The number of carbonyl (C=O) groups is 4. The number of fused-ring (bicyclic) bond motifs is 1. The summed E-state index contributed by atoms with van der Waals surface area (Å²) in [7, 11) is 0. The fourth-order valence-corrected chi connectivity index (χ4v) is 2.63. The van der Waals surface area contributed by atoms with Crippen molar-refractivity contribution >= 4 is 29.7 Å². The zero-order valence-corrected chi connectivity index (χ0v) is 11.2. The van der Waals surface area contributed by atoms with Gasteiger partial charge in [-0.05, 0) is 12.2 Å². The van der Waals surface area contributed by atoms with Gasteiger partial charge in [-0.1, -0.05) is 6.08 Å². The number of amides is 1. The second-order valence-electron chi connectivity index (χ2n) is 4.83. The van der Waals surface area contributed by atoms with Crippen LogP contribution >= 0.6 is 0 Å². The zero-order valence-electron chi connectivity index (χ0n) is 11.2. The third-order valence-electron chi connectivity index (χ3n) is 3.53. The van der Waals surface area contributed by atoms with E-state index in [1.54, 1.807) is 6.08 Å². The van der Waals surface area contributed by atoms with Gasteiger partial charge in [0.25, 0.3) is 5.91 Å². The number of carbonyl (C=O) groups excluding carboxylic acids is 1. The third kappa shape index (κ3) is 2.36. The molecule has 0 bridgehead atoms. The lowest BCUT2D eigenvalue weighted by Gasteiger charge is -2.39. The van der Waals surface area contributed by atoms with Crippen molar-refractivity contribution < 1.29 is 34.5 Å². The molecule has 9 nitrogen and oxygen atoms in total. The van der Waals surface area contributed by atoms with Gasteiger partial charge in [-0.2, -0.15) is 4.99 Å². The highest BCUT2D eigenvalue weighted by Crippen LogP contribution is 2.39. The topological polar surface area (TPSA) is 145 Å². The van der Waals surface area contributed by atoms with Crippen molar-refractivity contribution in [1.82, 2.24) is 4.90 Å². The van der Waals surface area contributed by atoms with E-state index in [1.807, 2.05) is 0 Å². The van der Waals surface area contributed by atoms with E-state index in [4.69, 9.17) is 10.2 Å². The van der Waals surface area contributed by atoms with E-state index in [0.29, 0.717) is 0 Å². The normalized spacial score (nSPS) is 23.9. The summed E-state index contributed by atoms with van der Waals surface area (Å²) in [4.78, 5) is 50.8. The smallest absolute Gasteiger partial charge is 0.310 e. The number of hydrogen-bond acceptors (Lipinski definition) is 5. The van der Waals surface area contributed by atoms with Crippen molar-refractivity contribution in [2.45, 2.75) is 18.4 Å². The van der Waals surface area contributed by atoms with E-state index in [1.165, 1.54) is 18.4 Å². The summed E-state index contributed by atoms with van der Waals surface area (Å²) in [6, 6.07) is 0. The molecule has 2 rings (SSSR count). The van der Waals surface area contributed by atoms with Crippen molar-refractivity contribution in [2.24, 2.45) is 10.9 Å². The van der Waals surface area contributed by atoms with Gasteiger partial charge in [-0.3, -0.25) is 19.2 Å². The minimum Gasteiger partial charge on any atom is -0.481 e. The number of aliphatic imine (C=N–C) groups is 1. The van der Waals surface area contributed by atoms with Crippen molar-refractivity contribution in [3.63, 3.8) is 0 Å². The maximum Gasteiger partial charge on any atom is 0.310 e. The Kier molecular flexibility index (Phi) is 3.81. The lowest BCUT2D eigenvalue weighted by molar-refractivity contribution is -0.158. The Balaban J connectivity index is 2.57. The van der Waals surface area contributed by atoms with Crippen LogP contribution in [0, 0.1) is 5.92 Å². The molecule has 0 aromatic heterocycles. The van der Waals surface area contributed by atoms with E-state index in [-0.39, 0.29) is 5.84 Å². The maximum absolute atomic E-state index is 12.3. The van der Waals surface area contributed by atoms with E-state index < -0.39 is 48.1 Å². The SMILES string of the molecule is O=C(O)C[C@H](C(=O)O)[C@]1(CC(=O)O)C(=O)N=C2C=CC=CN21. The fraction of sp³-hybridized carbons (Fsp3) is 0.308. The molecule has 116 valence electrons. The summed E-state index contributed by atoms with van der Waals surface area (Å²) < 4.78 is 0. The van der Waals surface area contributed by atoms with Gasteiger partial charge in [0.15, 0.2) is 5.54 Å². The minimum absolute atomic E-state index is 0.0883. The second kappa shape index (κ2) is 5.43. The molecular formula is C13H12N2O7. The number of nitrogens with zero attached hydrogens (tertiary/aromatic N) is 2. The molecule has 2 aliphatic heterocycles. The molecule has 2 heterocycles.